The Kier molecular flexibility index (Phi) is 5.09. The van der Waals surface area contributed by atoms with Crippen molar-refractivity contribution < 1.29 is 0 Å². The third-order valence-corrected chi connectivity index (χ3v) is 7.12. The second kappa shape index (κ2) is 6.69. The second-order valence-corrected chi connectivity index (χ2v) is 9.48. The zero-order chi connectivity index (χ0) is 14.9. The summed E-state index contributed by atoms with van der Waals surface area (Å²) >= 11 is 5.49. The fourth-order valence-electron chi connectivity index (χ4n) is 4.04. The van der Waals surface area contributed by atoms with Gasteiger partial charge >= 0.3 is 0 Å². The van der Waals surface area contributed by atoms with E-state index >= 15 is 0 Å². The van der Waals surface area contributed by atoms with Crippen molar-refractivity contribution in [3.63, 3.8) is 0 Å². The number of nitrogens with one attached hydrogen (secondary N) is 1. The molecule has 2 fully saturated rings. The Labute approximate surface area is 141 Å². The molecular weight excluding hydrogens is 344 g/mol. The molecule has 1 saturated carbocycles. The molecule has 2 heterocycles. The Morgan fingerprint density at radius 3 is 2.81 bits per heavy atom. The molecule has 1 N–H and O–H groups in total. The maximum atomic E-state index is 3.93. The summed E-state index contributed by atoms with van der Waals surface area (Å²) in [5, 5.41) is 3.93. The first-order valence-corrected chi connectivity index (χ1v) is 9.96. The summed E-state index contributed by atoms with van der Waals surface area (Å²) in [5.74, 6) is 0.764. The fraction of sp³-hybridized carbons (Fsp3) is 0.765. The van der Waals surface area contributed by atoms with Crippen molar-refractivity contribution in [2.45, 2.75) is 64.1 Å². The van der Waals surface area contributed by atoms with E-state index in [4.69, 9.17) is 0 Å². The summed E-state index contributed by atoms with van der Waals surface area (Å²) in [4.78, 5) is 4.26. The van der Waals surface area contributed by atoms with E-state index < -0.39 is 0 Å². The highest BCUT2D eigenvalue weighted by molar-refractivity contribution is 9.11. The van der Waals surface area contributed by atoms with Crippen LogP contribution in [-0.2, 0) is 6.54 Å². The van der Waals surface area contributed by atoms with E-state index in [9.17, 15) is 0 Å². The van der Waals surface area contributed by atoms with Gasteiger partial charge in [-0.1, -0.05) is 33.1 Å². The minimum absolute atomic E-state index is 0.415. The predicted octanol–water partition coefficient (Wildman–Crippen LogP) is 4.64. The summed E-state index contributed by atoms with van der Waals surface area (Å²) in [6.45, 7) is 8.26. The van der Waals surface area contributed by atoms with Crippen LogP contribution in [0.2, 0.25) is 0 Å². The van der Waals surface area contributed by atoms with Crippen LogP contribution in [0.25, 0.3) is 0 Å². The van der Waals surface area contributed by atoms with Gasteiger partial charge in [0, 0.05) is 36.1 Å². The first-order valence-electron chi connectivity index (χ1n) is 8.35. The lowest BCUT2D eigenvalue weighted by atomic mass is 9.87. The van der Waals surface area contributed by atoms with Crippen LogP contribution in [-0.4, -0.2) is 29.6 Å². The number of halogens is 1. The van der Waals surface area contributed by atoms with Crippen molar-refractivity contribution in [2.75, 3.05) is 13.1 Å². The van der Waals surface area contributed by atoms with Gasteiger partial charge in [0.25, 0.3) is 0 Å². The molecule has 2 unspecified atom stereocenters. The predicted molar refractivity (Wildman–Crippen MR) is 94.9 cm³/mol. The lowest BCUT2D eigenvalue weighted by Gasteiger charge is -2.48. The standard InChI is InChI=1S/C17H27BrN2S/c1-3-13(2)15-10-19-17(8-4-5-9-17)12-20(15)11-14-6-7-16(18)21-14/h6-7,13,15,19H,3-5,8-12H2,1-2H3. The van der Waals surface area contributed by atoms with Crippen molar-refractivity contribution in [3.8, 4) is 0 Å². The largest absolute Gasteiger partial charge is 0.308 e. The molecule has 2 atom stereocenters. The monoisotopic (exact) mass is 370 g/mol. The van der Waals surface area contributed by atoms with Crippen molar-refractivity contribution in [2.24, 2.45) is 5.92 Å². The van der Waals surface area contributed by atoms with Crippen molar-refractivity contribution in [1.29, 1.82) is 0 Å². The van der Waals surface area contributed by atoms with Crippen LogP contribution in [0.1, 0.15) is 50.8 Å². The number of thiophene rings is 1. The topological polar surface area (TPSA) is 15.3 Å². The molecule has 0 aromatic carbocycles. The number of rotatable bonds is 4. The molecule has 21 heavy (non-hydrogen) atoms. The normalized spacial score (nSPS) is 27.3. The minimum atomic E-state index is 0.415. The van der Waals surface area contributed by atoms with Crippen LogP contribution in [0.4, 0.5) is 0 Å². The SMILES string of the molecule is CCC(C)C1CNC2(CCCC2)CN1Cc1ccc(Br)s1. The third-order valence-electron chi connectivity index (χ3n) is 5.51. The fourth-order valence-corrected chi connectivity index (χ4v) is 5.55. The molecule has 0 bridgehead atoms. The zero-order valence-corrected chi connectivity index (χ0v) is 15.6. The van der Waals surface area contributed by atoms with E-state index in [-0.39, 0.29) is 0 Å². The first-order chi connectivity index (χ1) is 10.1. The van der Waals surface area contributed by atoms with Crippen LogP contribution in [0.5, 0.6) is 0 Å². The molecule has 1 aliphatic carbocycles. The highest BCUT2D eigenvalue weighted by Crippen LogP contribution is 2.36. The summed E-state index contributed by atoms with van der Waals surface area (Å²) in [6, 6.07) is 5.15. The van der Waals surface area contributed by atoms with Crippen molar-refractivity contribution in [1.82, 2.24) is 10.2 Å². The molecule has 1 spiro atoms. The van der Waals surface area contributed by atoms with Crippen molar-refractivity contribution >= 4 is 27.3 Å². The average molecular weight is 371 g/mol. The van der Waals surface area contributed by atoms with Crippen LogP contribution in [0, 0.1) is 5.92 Å². The molecule has 118 valence electrons. The first kappa shape index (κ1) is 16.0. The molecule has 3 rings (SSSR count). The van der Waals surface area contributed by atoms with Gasteiger partial charge in [-0.05, 0) is 46.8 Å². The minimum Gasteiger partial charge on any atom is -0.308 e. The molecule has 1 aliphatic heterocycles. The molecule has 4 heteroatoms. The van der Waals surface area contributed by atoms with E-state index in [1.54, 1.807) is 0 Å². The zero-order valence-electron chi connectivity index (χ0n) is 13.2. The van der Waals surface area contributed by atoms with Gasteiger partial charge in [-0.3, -0.25) is 4.90 Å². The maximum absolute atomic E-state index is 3.93. The van der Waals surface area contributed by atoms with E-state index in [0.29, 0.717) is 11.6 Å². The lowest BCUT2D eigenvalue weighted by Crippen LogP contribution is -2.64. The molecule has 2 nitrogen and oxygen atoms in total. The van der Waals surface area contributed by atoms with E-state index in [1.807, 2.05) is 11.3 Å². The maximum Gasteiger partial charge on any atom is 0.0701 e. The summed E-state index contributed by atoms with van der Waals surface area (Å²) in [6.07, 6.45) is 6.80. The van der Waals surface area contributed by atoms with Gasteiger partial charge < -0.3 is 5.32 Å². The number of hydrogen-bond acceptors (Lipinski definition) is 3. The third kappa shape index (κ3) is 3.54. The Morgan fingerprint density at radius 2 is 2.19 bits per heavy atom. The van der Waals surface area contributed by atoms with Gasteiger partial charge in [0.15, 0.2) is 0 Å². The summed E-state index contributed by atoms with van der Waals surface area (Å²) in [7, 11) is 0. The smallest absolute Gasteiger partial charge is 0.0701 e. The molecule has 1 saturated heterocycles. The Hall–Kier alpha value is 0.1000. The molecule has 1 aromatic rings. The van der Waals surface area contributed by atoms with Gasteiger partial charge in [0.1, 0.15) is 0 Å². The Bertz CT molecular complexity index is 467. The number of piperazine rings is 1. The van der Waals surface area contributed by atoms with E-state index in [2.05, 4.69) is 52.1 Å². The van der Waals surface area contributed by atoms with Gasteiger partial charge in [0.2, 0.25) is 0 Å². The van der Waals surface area contributed by atoms with E-state index in [0.717, 1.165) is 12.5 Å². The van der Waals surface area contributed by atoms with Gasteiger partial charge in [-0.2, -0.15) is 0 Å². The Morgan fingerprint density at radius 1 is 1.43 bits per heavy atom. The van der Waals surface area contributed by atoms with Crippen LogP contribution < -0.4 is 5.32 Å². The van der Waals surface area contributed by atoms with Crippen LogP contribution in [0.15, 0.2) is 15.9 Å². The summed E-state index contributed by atoms with van der Waals surface area (Å²) in [5.41, 5.74) is 0.415. The van der Waals surface area contributed by atoms with Gasteiger partial charge in [-0.15, -0.1) is 11.3 Å². The average Bonchev–Trinajstić information content (AvgIpc) is 3.08. The second-order valence-electron chi connectivity index (χ2n) is 6.93. The quantitative estimate of drug-likeness (QED) is 0.829. The highest BCUT2D eigenvalue weighted by atomic mass is 79.9. The molecule has 1 aromatic heterocycles. The molecule has 0 radical (unpaired) electrons. The highest BCUT2D eigenvalue weighted by Gasteiger charge is 2.42. The molecule has 2 aliphatic rings. The summed E-state index contributed by atoms with van der Waals surface area (Å²) < 4.78 is 1.25. The van der Waals surface area contributed by atoms with E-state index in [1.165, 1.54) is 53.9 Å². The van der Waals surface area contributed by atoms with Gasteiger partial charge in [-0.25, -0.2) is 0 Å². The van der Waals surface area contributed by atoms with Crippen LogP contribution in [0.3, 0.4) is 0 Å². The number of nitrogens with zero attached hydrogens (tertiary/aromatic N) is 1. The molecular formula is C17H27BrN2S. The molecule has 0 amide bonds. The van der Waals surface area contributed by atoms with Gasteiger partial charge in [0.05, 0.1) is 3.79 Å². The van der Waals surface area contributed by atoms with Crippen molar-refractivity contribution in [3.05, 3.63) is 20.8 Å². The number of hydrogen-bond donors (Lipinski definition) is 1. The lowest BCUT2D eigenvalue weighted by molar-refractivity contribution is 0.0464. The van der Waals surface area contributed by atoms with Crippen LogP contribution >= 0.6 is 27.3 Å². The Balaban J connectivity index is 1.75.